The van der Waals surface area contributed by atoms with Crippen molar-refractivity contribution in [3.8, 4) is 0 Å². The number of hydrogen-bond donors (Lipinski definition) is 0. The summed E-state index contributed by atoms with van der Waals surface area (Å²) in [7, 11) is 0. The first-order valence-electron chi connectivity index (χ1n) is 10.4. The SMILES string of the molecule is CCOC(C)(C)C(=O)N1C[C@H]2C[C@@H](C1)[C@H](CCC(C)C)n1c2cccc1=O. The Bertz CT molecular complexity index is 737. The lowest BCUT2D eigenvalue weighted by Gasteiger charge is -2.48. The highest BCUT2D eigenvalue weighted by atomic mass is 16.5. The lowest BCUT2D eigenvalue weighted by molar-refractivity contribution is -0.157. The minimum Gasteiger partial charge on any atom is -0.366 e. The molecule has 3 rings (SSSR count). The Morgan fingerprint density at radius 1 is 1.30 bits per heavy atom. The second-order valence-corrected chi connectivity index (χ2v) is 9.04. The fraction of sp³-hybridized carbons (Fsp3) is 0.727. The summed E-state index contributed by atoms with van der Waals surface area (Å²) in [6.45, 7) is 12.0. The van der Waals surface area contributed by atoms with E-state index in [4.69, 9.17) is 4.74 Å². The maximum atomic E-state index is 13.1. The smallest absolute Gasteiger partial charge is 0.254 e. The van der Waals surface area contributed by atoms with Crippen LogP contribution in [0.1, 0.15) is 71.5 Å². The van der Waals surface area contributed by atoms with E-state index in [1.165, 1.54) is 0 Å². The molecule has 2 aliphatic heterocycles. The fourth-order valence-corrected chi connectivity index (χ4v) is 4.88. The van der Waals surface area contributed by atoms with Crippen LogP contribution in [-0.4, -0.2) is 40.7 Å². The van der Waals surface area contributed by atoms with Gasteiger partial charge >= 0.3 is 0 Å². The second kappa shape index (κ2) is 7.78. The van der Waals surface area contributed by atoms with Gasteiger partial charge in [0.15, 0.2) is 0 Å². The molecule has 3 heterocycles. The summed E-state index contributed by atoms with van der Waals surface area (Å²) in [5, 5.41) is 0. The first-order chi connectivity index (χ1) is 12.7. The van der Waals surface area contributed by atoms with Crippen molar-refractivity contribution >= 4 is 5.91 Å². The number of carbonyl (C=O) groups excluding carboxylic acids is 1. The average molecular weight is 375 g/mol. The number of hydrogen-bond acceptors (Lipinski definition) is 3. The Hall–Kier alpha value is -1.62. The molecule has 1 amide bonds. The lowest BCUT2D eigenvalue weighted by atomic mass is 9.76. The molecule has 2 bridgehead atoms. The van der Waals surface area contributed by atoms with E-state index in [1.807, 2.05) is 36.3 Å². The molecule has 27 heavy (non-hydrogen) atoms. The second-order valence-electron chi connectivity index (χ2n) is 9.04. The van der Waals surface area contributed by atoms with Crippen molar-refractivity contribution < 1.29 is 9.53 Å². The lowest BCUT2D eigenvalue weighted by Crippen LogP contribution is -2.55. The van der Waals surface area contributed by atoms with Crippen molar-refractivity contribution in [2.45, 2.75) is 71.4 Å². The Balaban J connectivity index is 1.92. The number of aromatic nitrogens is 1. The predicted octanol–water partition coefficient (Wildman–Crippen LogP) is 3.59. The van der Waals surface area contributed by atoms with Gasteiger partial charge in [-0.05, 0) is 57.9 Å². The van der Waals surface area contributed by atoms with Gasteiger partial charge in [0.2, 0.25) is 0 Å². The van der Waals surface area contributed by atoms with Crippen LogP contribution >= 0.6 is 0 Å². The van der Waals surface area contributed by atoms with Crippen LogP contribution < -0.4 is 5.56 Å². The molecule has 5 heteroatoms. The third kappa shape index (κ3) is 3.98. The Kier molecular flexibility index (Phi) is 5.80. The van der Waals surface area contributed by atoms with E-state index in [0.717, 1.165) is 31.5 Å². The largest absolute Gasteiger partial charge is 0.366 e. The fourth-order valence-electron chi connectivity index (χ4n) is 4.88. The molecule has 1 aromatic heterocycles. The van der Waals surface area contributed by atoms with Gasteiger partial charge in [0, 0.05) is 43.4 Å². The van der Waals surface area contributed by atoms with Gasteiger partial charge in [-0.1, -0.05) is 19.9 Å². The summed E-state index contributed by atoms with van der Waals surface area (Å²) in [6.07, 6.45) is 3.14. The van der Waals surface area contributed by atoms with Crippen LogP contribution in [0, 0.1) is 11.8 Å². The molecule has 5 nitrogen and oxygen atoms in total. The van der Waals surface area contributed by atoms with E-state index >= 15 is 0 Å². The summed E-state index contributed by atoms with van der Waals surface area (Å²) in [5.41, 5.74) is 0.397. The maximum Gasteiger partial charge on any atom is 0.254 e. The Morgan fingerprint density at radius 3 is 2.70 bits per heavy atom. The van der Waals surface area contributed by atoms with Gasteiger partial charge in [-0.25, -0.2) is 0 Å². The molecule has 3 atom stereocenters. The number of likely N-dealkylation sites (tertiary alicyclic amines) is 1. The number of rotatable bonds is 6. The number of piperidine rings is 1. The van der Waals surface area contributed by atoms with Crippen LogP contribution in [0.25, 0.3) is 0 Å². The standard InChI is InChI=1S/C22H34N2O3/c1-6-27-22(4,5)21(26)23-13-16-12-17(14-23)19(11-10-15(2)3)24-18(16)8-7-9-20(24)25/h7-9,15-17,19H,6,10-14H2,1-5H3/t16-,17+,19+/m1/s1. The van der Waals surface area contributed by atoms with Crippen molar-refractivity contribution in [1.29, 1.82) is 0 Å². The molecular weight excluding hydrogens is 340 g/mol. The van der Waals surface area contributed by atoms with E-state index in [-0.39, 0.29) is 23.4 Å². The molecule has 0 aromatic carbocycles. The van der Waals surface area contributed by atoms with E-state index in [2.05, 4.69) is 19.9 Å². The molecular formula is C22H34N2O3. The summed E-state index contributed by atoms with van der Waals surface area (Å²) >= 11 is 0. The van der Waals surface area contributed by atoms with E-state index in [1.54, 1.807) is 6.07 Å². The summed E-state index contributed by atoms with van der Waals surface area (Å²) in [5.74, 6) is 1.22. The molecule has 1 fully saturated rings. The summed E-state index contributed by atoms with van der Waals surface area (Å²) < 4.78 is 7.75. The molecule has 2 aliphatic rings. The minimum absolute atomic E-state index is 0.0633. The van der Waals surface area contributed by atoms with Gasteiger partial charge in [-0.3, -0.25) is 9.59 Å². The van der Waals surface area contributed by atoms with E-state index in [9.17, 15) is 9.59 Å². The Morgan fingerprint density at radius 2 is 2.04 bits per heavy atom. The number of carbonyl (C=O) groups is 1. The third-order valence-electron chi connectivity index (χ3n) is 6.15. The van der Waals surface area contributed by atoms with E-state index < -0.39 is 5.60 Å². The maximum absolute atomic E-state index is 13.1. The molecule has 0 saturated carbocycles. The van der Waals surface area contributed by atoms with Crippen molar-refractivity contribution in [1.82, 2.24) is 9.47 Å². The van der Waals surface area contributed by atoms with Gasteiger partial charge in [0.25, 0.3) is 11.5 Å². The topological polar surface area (TPSA) is 51.5 Å². The number of nitrogens with zero attached hydrogens (tertiary/aromatic N) is 2. The van der Waals surface area contributed by atoms with Crippen molar-refractivity contribution in [2.24, 2.45) is 11.8 Å². The van der Waals surface area contributed by atoms with Crippen molar-refractivity contribution in [3.63, 3.8) is 0 Å². The van der Waals surface area contributed by atoms with Gasteiger partial charge in [0.1, 0.15) is 5.60 Å². The quantitative estimate of drug-likeness (QED) is 0.765. The van der Waals surface area contributed by atoms with Crippen LogP contribution in [0.5, 0.6) is 0 Å². The van der Waals surface area contributed by atoms with Crippen LogP contribution in [0.3, 0.4) is 0 Å². The van der Waals surface area contributed by atoms with Crippen LogP contribution in [0.2, 0.25) is 0 Å². The first-order valence-corrected chi connectivity index (χ1v) is 10.4. The highest BCUT2D eigenvalue weighted by molar-refractivity contribution is 5.84. The number of pyridine rings is 1. The molecule has 0 N–H and O–H groups in total. The van der Waals surface area contributed by atoms with Crippen LogP contribution in [0.15, 0.2) is 23.0 Å². The van der Waals surface area contributed by atoms with Crippen LogP contribution in [-0.2, 0) is 9.53 Å². The zero-order chi connectivity index (χ0) is 19.8. The normalized spacial score (nSPS) is 24.8. The predicted molar refractivity (Wildman–Crippen MR) is 107 cm³/mol. The van der Waals surface area contributed by atoms with Gasteiger partial charge < -0.3 is 14.2 Å². The zero-order valence-corrected chi connectivity index (χ0v) is 17.4. The van der Waals surface area contributed by atoms with Crippen molar-refractivity contribution in [2.75, 3.05) is 19.7 Å². The molecule has 0 radical (unpaired) electrons. The highest BCUT2D eigenvalue weighted by Crippen LogP contribution is 2.43. The van der Waals surface area contributed by atoms with Gasteiger partial charge in [-0.2, -0.15) is 0 Å². The molecule has 0 spiro atoms. The van der Waals surface area contributed by atoms with Crippen LogP contribution in [0.4, 0.5) is 0 Å². The summed E-state index contributed by atoms with van der Waals surface area (Å²) in [4.78, 5) is 27.8. The zero-order valence-electron chi connectivity index (χ0n) is 17.4. The molecule has 150 valence electrons. The molecule has 1 saturated heterocycles. The number of fused-ring (bicyclic) bond motifs is 4. The highest BCUT2D eigenvalue weighted by Gasteiger charge is 2.44. The summed E-state index contributed by atoms with van der Waals surface area (Å²) in [6, 6.07) is 5.79. The first kappa shape index (κ1) is 20.1. The molecule has 0 unspecified atom stereocenters. The third-order valence-corrected chi connectivity index (χ3v) is 6.15. The molecule has 0 aliphatic carbocycles. The van der Waals surface area contributed by atoms with Crippen molar-refractivity contribution in [3.05, 3.63) is 34.2 Å². The van der Waals surface area contributed by atoms with E-state index in [0.29, 0.717) is 25.0 Å². The molecule has 1 aromatic rings. The number of amides is 1. The Labute approximate surface area is 162 Å². The minimum atomic E-state index is -0.801. The monoisotopic (exact) mass is 374 g/mol. The van der Waals surface area contributed by atoms with Gasteiger partial charge in [-0.15, -0.1) is 0 Å². The number of ether oxygens (including phenoxy) is 1. The average Bonchev–Trinajstić information content (AvgIpc) is 2.61. The van der Waals surface area contributed by atoms with Gasteiger partial charge in [0.05, 0.1) is 0 Å².